The first-order valence-electron chi connectivity index (χ1n) is 4.61. The number of fused-ring (bicyclic) bond motifs is 1. The van der Waals surface area contributed by atoms with E-state index in [1.54, 1.807) is 13.2 Å². The monoisotopic (exact) mass is 185 g/mol. The lowest BCUT2D eigenvalue weighted by Crippen LogP contribution is -1.86. The minimum absolute atomic E-state index is 0.856. The first kappa shape index (κ1) is 8.83. The van der Waals surface area contributed by atoms with Crippen molar-refractivity contribution < 1.29 is 4.74 Å². The molecule has 1 aliphatic carbocycles. The van der Waals surface area contributed by atoms with Crippen LogP contribution in [0, 0.1) is 11.3 Å². The van der Waals surface area contributed by atoms with Gasteiger partial charge in [-0.2, -0.15) is 5.26 Å². The van der Waals surface area contributed by atoms with Crippen LogP contribution in [0.4, 0.5) is 0 Å². The van der Waals surface area contributed by atoms with E-state index in [-0.39, 0.29) is 0 Å². The van der Waals surface area contributed by atoms with Gasteiger partial charge >= 0.3 is 0 Å². The molecule has 0 amide bonds. The maximum Gasteiger partial charge on any atom is 0.119 e. The molecule has 0 radical (unpaired) electrons. The van der Waals surface area contributed by atoms with Crippen molar-refractivity contribution in [2.75, 3.05) is 7.11 Å². The van der Waals surface area contributed by atoms with E-state index in [2.05, 4.69) is 12.1 Å². The molecule has 2 heteroatoms. The highest BCUT2D eigenvalue weighted by molar-refractivity contribution is 5.75. The van der Waals surface area contributed by atoms with Crippen LogP contribution in [0.2, 0.25) is 0 Å². The number of hydrogen-bond acceptors (Lipinski definition) is 2. The molecular formula is C12H11NO. The molecule has 1 aromatic rings. The summed E-state index contributed by atoms with van der Waals surface area (Å²) < 4.78 is 5.16. The standard InChI is InChI=1S/C12H11NO/c1-14-11-5-4-9-2-3-10(6-7-13)12(9)8-11/h4-6,8H,2-3H2,1H3/b10-6-. The maximum atomic E-state index is 8.62. The number of benzene rings is 1. The average molecular weight is 185 g/mol. The third-order valence-corrected chi connectivity index (χ3v) is 2.57. The number of nitrogens with zero attached hydrogens (tertiary/aromatic N) is 1. The molecule has 0 unspecified atom stereocenters. The zero-order valence-electron chi connectivity index (χ0n) is 8.08. The number of methoxy groups -OCH3 is 1. The molecule has 0 saturated carbocycles. The van der Waals surface area contributed by atoms with Crippen LogP contribution >= 0.6 is 0 Å². The second kappa shape index (κ2) is 3.55. The molecule has 0 atom stereocenters. The summed E-state index contributed by atoms with van der Waals surface area (Å²) >= 11 is 0. The average Bonchev–Trinajstić information content (AvgIpc) is 2.61. The molecular weight excluding hydrogens is 174 g/mol. The molecule has 0 aromatic heterocycles. The van der Waals surface area contributed by atoms with E-state index < -0.39 is 0 Å². The van der Waals surface area contributed by atoms with Crippen LogP contribution < -0.4 is 4.74 Å². The molecule has 2 rings (SSSR count). The van der Waals surface area contributed by atoms with Gasteiger partial charge in [-0.05, 0) is 41.7 Å². The maximum absolute atomic E-state index is 8.62. The summed E-state index contributed by atoms with van der Waals surface area (Å²) in [5.74, 6) is 0.856. The van der Waals surface area contributed by atoms with Gasteiger partial charge in [0, 0.05) is 6.08 Å². The van der Waals surface area contributed by atoms with E-state index in [9.17, 15) is 0 Å². The minimum atomic E-state index is 0.856. The van der Waals surface area contributed by atoms with Gasteiger partial charge in [0.1, 0.15) is 5.75 Å². The van der Waals surface area contributed by atoms with Crippen molar-refractivity contribution in [3.05, 3.63) is 35.4 Å². The predicted octanol–water partition coefficient (Wildman–Crippen LogP) is 2.55. The van der Waals surface area contributed by atoms with Crippen molar-refractivity contribution in [2.24, 2.45) is 0 Å². The van der Waals surface area contributed by atoms with E-state index in [4.69, 9.17) is 10.00 Å². The Hall–Kier alpha value is -1.75. The Morgan fingerprint density at radius 1 is 1.43 bits per heavy atom. The van der Waals surface area contributed by atoms with E-state index in [0.717, 1.165) is 24.2 Å². The lowest BCUT2D eigenvalue weighted by Gasteiger charge is -2.03. The molecule has 14 heavy (non-hydrogen) atoms. The molecule has 0 saturated heterocycles. The fraction of sp³-hybridized carbons (Fsp3) is 0.250. The molecule has 70 valence electrons. The highest BCUT2D eigenvalue weighted by Crippen LogP contribution is 2.34. The quantitative estimate of drug-likeness (QED) is 0.630. The van der Waals surface area contributed by atoms with E-state index in [0.29, 0.717) is 0 Å². The van der Waals surface area contributed by atoms with Crippen LogP contribution in [0.25, 0.3) is 5.57 Å². The first-order chi connectivity index (χ1) is 6.85. The van der Waals surface area contributed by atoms with Gasteiger partial charge in [0.2, 0.25) is 0 Å². The predicted molar refractivity (Wildman–Crippen MR) is 54.9 cm³/mol. The van der Waals surface area contributed by atoms with Gasteiger partial charge in [-0.3, -0.25) is 0 Å². The van der Waals surface area contributed by atoms with E-state index in [1.165, 1.54) is 11.1 Å². The fourth-order valence-electron chi connectivity index (χ4n) is 1.83. The van der Waals surface area contributed by atoms with Gasteiger partial charge in [0.25, 0.3) is 0 Å². The number of hydrogen-bond donors (Lipinski definition) is 0. The molecule has 0 aliphatic heterocycles. The second-order valence-electron chi connectivity index (χ2n) is 3.32. The summed E-state index contributed by atoms with van der Waals surface area (Å²) in [6, 6.07) is 8.13. The third-order valence-electron chi connectivity index (χ3n) is 2.57. The van der Waals surface area contributed by atoms with Crippen molar-refractivity contribution in [3.8, 4) is 11.8 Å². The molecule has 0 fully saturated rings. The summed E-state index contributed by atoms with van der Waals surface area (Å²) in [6.07, 6.45) is 3.63. The Bertz CT molecular complexity index is 426. The van der Waals surface area contributed by atoms with Crippen molar-refractivity contribution in [1.29, 1.82) is 5.26 Å². The lowest BCUT2D eigenvalue weighted by atomic mass is 10.1. The highest BCUT2D eigenvalue weighted by Gasteiger charge is 2.16. The van der Waals surface area contributed by atoms with Crippen LogP contribution in [-0.2, 0) is 6.42 Å². The number of nitriles is 1. The van der Waals surface area contributed by atoms with E-state index >= 15 is 0 Å². The highest BCUT2D eigenvalue weighted by atomic mass is 16.5. The Labute approximate surface area is 83.4 Å². The van der Waals surface area contributed by atoms with Crippen LogP contribution in [0.3, 0.4) is 0 Å². The van der Waals surface area contributed by atoms with Gasteiger partial charge in [-0.15, -0.1) is 0 Å². The van der Waals surface area contributed by atoms with Crippen LogP contribution in [0.1, 0.15) is 17.5 Å². The molecule has 0 N–H and O–H groups in total. The van der Waals surface area contributed by atoms with Crippen molar-refractivity contribution >= 4 is 5.57 Å². The molecule has 2 nitrogen and oxygen atoms in total. The zero-order chi connectivity index (χ0) is 9.97. The third kappa shape index (κ3) is 1.38. The largest absolute Gasteiger partial charge is 0.497 e. The Balaban J connectivity index is 2.48. The summed E-state index contributed by atoms with van der Waals surface area (Å²) in [6.45, 7) is 0. The zero-order valence-corrected chi connectivity index (χ0v) is 8.08. The SMILES string of the molecule is COc1ccc2c(c1)/C(=C\C#N)CC2. The topological polar surface area (TPSA) is 33.0 Å². The molecule has 0 heterocycles. The normalized spacial score (nSPS) is 16.4. The van der Waals surface area contributed by atoms with Gasteiger partial charge in [-0.1, -0.05) is 6.07 Å². The van der Waals surface area contributed by atoms with Gasteiger partial charge < -0.3 is 4.74 Å². The smallest absolute Gasteiger partial charge is 0.119 e. The van der Waals surface area contributed by atoms with Crippen molar-refractivity contribution in [1.82, 2.24) is 0 Å². The summed E-state index contributed by atoms with van der Waals surface area (Å²) in [5, 5.41) is 8.62. The summed E-state index contributed by atoms with van der Waals surface area (Å²) in [7, 11) is 1.66. The molecule has 0 bridgehead atoms. The van der Waals surface area contributed by atoms with Crippen molar-refractivity contribution in [3.63, 3.8) is 0 Å². The van der Waals surface area contributed by atoms with E-state index in [1.807, 2.05) is 12.1 Å². The Morgan fingerprint density at radius 3 is 3.00 bits per heavy atom. The lowest BCUT2D eigenvalue weighted by molar-refractivity contribution is 0.414. The number of aryl methyl sites for hydroxylation is 1. The Morgan fingerprint density at radius 2 is 2.29 bits per heavy atom. The van der Waals surface area contributed by atoms with Crippen LogP contribution in [-0.4, -0.2) is 7.11 Å². The van der Waals surface area contributed by atoms with Crippen LogP contribution in [0.15, 0.2) is 24.3 Å². The first-order valence-corrected chi connectivity index (χ1v) is 4.61. The van der Waals surface area contributed by atoms with Crippen LogP contribution in [0.5, 0.6) is 5.75 Å². The number of rotatable bonds is 1. The Kier molecular flexibility index (Phi) is 2.24. The molecule has 0 spiro atoms. The van der Waals surface area contributed by atoms with Gasteiger partial charge in [-0.25, -0.2) is 0 Å². The summed E-state index contributed by atoms with van der Waals surface area (Å²) in [4.78, 5) is 0. The minimum Gasteiger partial charge on any atom is -0.497 e. The van der Waals surface area contributed by atoms with Crippen molar-refractivity contribution in [2.45, 2.75) is 12.8 Å². The second-order valence-corrected chi connectivity index (χ2v) is 3.32. The van der Waals surface area contributed by atoms with Gasteiger partial charge in [0.15, 0.2) is 0 Å². The number of allylic oxidation sites excluding steroid dienone is 2. The number of ether oxygens (including phenoxy) is 1. The molecule has 1 aliphatic rings. The van der Waals surface area contributed by atoms with Gasteiger partial charge in [0.05, 0.1) is 13.2 Å². The fourth-order valence-corrected chi connectivity index (χ4v) is 1.83. The molecule has 1 aromatic carbocycles. The summed E-state index contributed by atoms with van der Waals surface area (Å²) in [5.41, 5.74) is 3.61.